The molecule has 0 bridgehead atoms. The maximum Gasteiger partial charge on any atom is 0.344 e. The summed E-state index contributed by atoms with van der Waals surface area (Å²) in [6.07, 6.45) is 0.130. The lowest BCUT2D eigenvalue weighted by atomic mass is 9.86. The van der Waals surface area contributed by atoms with E-state index in [9.17, 15) is 14.7 Å². The van der Waals surface area contributed by atoms with Crippen molar-refractivity contribution in [3.63, 3.8) is 0 Å². The van der Waals surface area contributed by atoms with E-state index in [1.807, 2.05) is 24.3 Å². The standard InChI is InChI=1S/C24H26N2O4SSi/c1-5-24(29)16-11-18-20-15(10-14-8-6-7-9-17(14)25-20)12-26(18)21(27)19(16)22(30-23(24)28)31-13-32(2,3)4/h6-11,22,29H,5,12-13H2,1-4H3/t22?,24-/m0/s1. The number of aromatic nitrogens is 2. The lowest BCUT2D eigenvalue weighted by Crippen LogP contribution is -2.45. The van der Waals surface area contributed by atoms with E-state index in [0.717, 1.165) is 27.5 Å². The van der Waals surface area contributed by atoms with E-state index < -0.39 is 25.1 Å². The fourth-order valence-corrected chi connectivity index (χ4v) is 7.55. The maximum atomic E-state index is 13.7. The summed E-state index contributed by atoms with van der Waals surface area (Å²) in [4.78, 5) is 31.4. The van der Waals surface area contributed by atoms with Crippen LogP contribution in [0.3, 0.4) is 0 Å². The number of carbonyl (C=O) groups excluding carboxylic acids is 1. The number of cyclic esters (lactones) is 1. The number of esters is 1. The molecule has 166 valence electrons. The number of para-hydroxylation sites is 1. The van der Waals surface area contributed by atoms with Gasteiger partial charge in [-0.25, -0.2) is 9.78 Å². The highest BCUT2D eigenvalue weighted by molar-refractivity contribution is 8.01. The molecule has 0 saturated carbocycles. The van der Waals surface area contributed by atoms with Crippen molar-refractivity contribution in [3.05, 3.63) is 63.4 Å². The molecule has 6 nitrogen and oxygen atoms in total. The van der Waals surface area contributed by atoms with E-state index in [1.165, 1.54) is 11.8 Å². The van der Waals surface area contributed by atoms with Crippen LogP contribution in [-0.4, -0.2) is 34.1 Å². The molecule has 4 heterocycles. The Labute approximate surface area is 191 Å². The summed E-state index contributed by atoms with van der Waals surface area (Å²) in [5, 5.41) is 13.1. The van der Waals surface area contributed by atoms with Crippen molar-refractivity contribution in [2.24, 2.45) is 0 Å². The fraction of sp³-hybridized carbons (Fsp3) is 0.375. The Morgan fingerprint density at radius 1 is 1.25 bits per heavy atom. The third-order valence-corrected chi connectivity index (χ3v) is 10.9. The van der Waals surface area contributed by atoms with E-state index in [4.69, 9.17) is 9.72 Å². The molecule has 2 aliphatic rings. The van der Waals surface area contributed by atoms with Crippen molar-refractivity contribution in [1.82, 2.24) is 9.55 Å². The summed E-state index contributed by atoms with van der Waals surface area (Å²) in [6, 6.07) is 11.7. The highest BCUT2D eigenvalue weighted by Gasteiger charge is 2.49. The third kappa shape index (κ3) is 3.24. The topological polar surface area (TPSA) is 81.4 Å². The van der Waals surface area contributed by atoms with Gasteiger partial charge in [0.2, 0.25) is 0 Å². The highest BCUT2D eigenvalue weighted by Crippen LogP contribution is 2.45. The number of hydrogen-bond donors (Lipinski definition) is 1. The molecule has 0 fully saturated rings. The normalized spacial score (nSPS) is 21.8. The Balaban J connectivity index is 1.72. The zero-order valence-electron chi connectivity index (χ0n) is 18.6. The number of ether oxygens (including phenoxy) is 1. The van der Waals surface area contributed by atoms with Crippen LogP contribution < -0.4 is 5.56 Å². The van der Waals surface area contributed by atoms with Crippen LogP contribution in [0.2, 0.25) is 19.6 Å². The molecule has 5 rings (SSSR count). The molecule has 0 saturated heterocycles. The highest BCUT2D eigenvalue weighted by atomic mass is 32.2. The first kappa shape index (κ1) is 21.4. The van der Waals surface area contributed by atoms with E-state index in [-0.39, 0.29) is 12.0 Å². The van der Waals surface area contributed by atoms with Crippen molar-refractivity contribution < 1.29 is 14.6 Å². The average Bonchev–Trinajstić information content (AvgIpc) is 3.11. The molecular weight excluding hydrogens is 440 g/mol. The van der Waals surface area contributed by atoms with Crippen LogP contribution in [0.5, 0.6) is 0 Å². The fourth-order valence-electron chi connectivity index (χ4n) is 4.40. The van der Waals surface area contributed by atoms with Gasteiger partial charge in [0.1, 0.15) is 0 Å². The van der Waals surface area contributed by atoms with Gasteiger partial charge in [0.15, 0.2) is 11.0 Å². The van der Waals surface area contributed by atoms with Crippen LogP contribution in [0.25, 0.3) is 22.3 Å². The van der Waals surface area contributed by atoms with Crippen LogP contribution >= 0.6 is 11.8 Å². The number of benzene rings is 1. The first-order valence-corrected chi connectivity index (χ1v) is 15.6. The monoisotopic (exact) mass is 466 g/mol. The summed E-state index contributed by atoms with van der Waals surface area (Å²) in [5.74, 6) is -0.686. The van der Waals surface area contributed by atoms with E-state index in [2.05, 4.69) is 25.7 Å². The Hall–Kier alpha value is -2.42. The number of aliphatic hydroxyl groups is 1. The molecule has 0 spiro atoms. The van der Waals surface area contributed by atoms with Gasteiger partial charge in [0, 0.05) is 16.5 Å². The molecule has 0 amide bonds. The number of rotatable bonds is 4. The molecule has 0 radical (unpaired) electrons. The maximum absolute atomic E-state index is 13.7. The predicted molar refractivity (Wildman–Crippen MR) is 129 cm³/mol. The minimum Gasteiger partial charge on any atom is -0.444 e. The Kier molecular flexibility index (Phi) is 4.88. The summed E-state index contributed by atoms with van der Waals surface area (Å²) >= 11 is 1.49. The van der Waals surface area contributed by atoms with Gasteiger partial charge in [0.25, 0.3) is 5.56 Å². The molecule has 2 aliphatic heterocycles. The minimum absolute atomic E-state index is 0.130. The molecule has 2 aromatic heterocycles. The van der Waals surface area contributed by atoms with Crippen LogP contribution in [-0.2, 0) is 21.7 Å². The third-order valence-electron chi connectivity index (χ3n) is 6.12. The molecule has 32 heavy (non-hydrogen) atoms. The quantitative estimate of drug-likeness (QED) is 0.359. The molecular formula is C24H26N2O4SSi. The van der Waals surface area contributed by atoms with Crippen molar-refractivity contribution in [1.29, 1.82) is 0 Å². The van der Waals surface area contributed by atoms with Gasteiger partial charge >= 0.3 is 5.97 Å². The average molecular weight is 467 g/mol. The molecule has 1 unspecified atom stereocenters. The number of thioether (sulfide) groups is 1. The van der Waals surface area contributed by atoms with Crippen LogP contribution in [0.4, 0.5) is 0 Å². The zero-order valence-corrected chi connectivity index (χ0v) is 20.5. The Morgan fingerprint density at radius 2 is 2.00 bits per heavy atom. The van der Waals surface area contributed by atoms with Gasteiger partial charge in [-0.05, 0) is 30.0 Å². The van der Waals surface area contributed by atoms with E-state index in [1.54, 1.807) is 17.6 Å². The smallest absolute Gasteiger partial charge is 0.344 e. The minimum atomic E-state index is -1.83. The molecule has 2 atom stereocenters. The van der Waals surface area contributed by atoms with E-state index in [0.29, 0.717) is 23.4 Å². The van der Waals surface area contributed by atoms with Gasteiger partial charge < -0.3 is 14.4 Å². The van der Waals surface area contributed by atoms with Gasteiger partial charge in [-0.2, -0.15) is 0 Å². The first-order valence-electron chi connectivity index (χ1n) is 10.8. The summed E-state index contributed by atoms with van der Waals surface area (Å²) in [6.45, 7) is 8.84. The van der Waals surface area contributed by atoms with Crippen molar-refractivity contribution in [2.45, 2.75) is 50.6 Å². The van der Waals surface area contributed by atoms with Crippen molar-refractivity contribution in [3.8, 4) is 11.4 Å². The lowest BCUT2D eigenvalue weighted by Gasteiger charge is -2.36. The second-order valence-corrected chi connectivity index (χ2v) is 16.8. The summed E-state index contributed by atoms with van der Waals surface area (Å²) in [5.41, 5.74) is 1.17. The van der Waals surface area contributed by atoms with Crippen LogP contribution in [0, 0.1) is 0 Å². The molecule has 0 aliphatic carbocycles. The number of hydrogen-bond acceptors (Lipinski definition) is 6. The number of fused-ring (bicyclic) bond motifs is 5. The number of pyridine rings is 2. The largest absolute Gasteiger partial charge is 0.444 e. The second kappa shape index (κ2) is 7.30. The summed E-state index contributed by atoms with van der Waals surface area (Å²) in [7, 11) is -1.46. The lowest BCUT2D eigenvalue weighted by molar-refractivity contribution is -0.172. The predicted octanol–water partition coefficient (Wildman–Crippen LogP) is 4.19. The van der Waals surface area contributed by atoms with Gasteiger partial charge in [-0.3, -0.25) is 4.79 Å². The van der Waals surface area contributed by atoms with Crippen molar-refractivity contribution >= 4 is 36.7 Å². The Bertz CT molecular complexity index is 1330. The van der Waals surface area contributed by atoms with Gasteiger partial charge in [-0.1, -0.05) is 44.8 Å². The molecule has 8 heteroatoms. The van der Waals surface area contributed by atoms with Crippen LogP contribution in [0.15, 0.2) is 41.2 Å². The SMILES string of the molecule is CC[C@@]1(O)C(=O)OC(SC[Si](C)(C)C)c2c1cc1n(c2=O)Cc2cc3ccccc3nc2-1. The van der Waals surface area contributed by atoms with Gasteiger partial charge in [-0.15, -0.1) is 11.8 Å². The molecule has 1 N–H and O–H groups in total. The number of carbonyl (C=O) groups is 1. The number of nitrogens with zero attached hydrogens (tertiary/aromatic N) is 2. The Morgan fingerprint density at radius 3 is 2.72 bits per heavy atom. The zero-order chi connectivity index (χ0) is 22.8. The van der Waals surface area contributed by atoms with Crippen LogP contribution in [0.1, 0.15) is 35.5 Å². The van der Waals surface area contributed by atoms with Gasteiger partial charge in [0.05, 0.1) is 37.1 Å². The first-order chi connectivity index (χ1) is 15.1. The molecule has 3 aromatic rings. The van der Waals surface area contributed by atoms with E-state index >= 15 is 0 Å². The second-order valence-electron chi connectivity index (χ2n) is 9.76. The summed E-state index contributed by atoms with van der Waals surface area (Å²) < 4.78 is 7.36. The van der Waals surface area contributed by atoms with Crippen molar-refractivity contribution in [2.75, 3.05) is 5.38 Å². The molecule has 1 aromatic carbocycles.